The molecule has 1 aliphatic rings. The van der Waals surface area contributed by atoms with Gasteiger partial charge in [-0.15, -0.1) is 0 Å². The molecule has 2 aromatic carbocycles. The molecule has 0 fully saturated rings. The molecule has 1 unspecified atom stereocenters. The number of nitrogens with one attached hydrogen (secondary N) is 2. The number of benzene rings is 2. The van der Waals surface area contributed by atoms with Crippen LogP contribution in [0.5, 0.6) is 0 Å². The summed E-state index contributed by atoms with van der Waals surface area (Å²) in [5, 5.41) is 6.85. The van der Waals surface area contributed by atoms with Gasteiger partial charge in [0.1, 0.15) is 5.69 Å². The Morgan fingerprint density at radius 1 is 1.21 bits per heavy atom. The second-order valence-electron chi connectivity index (χ2n) is 7.92. The van der Waals surface area contributed by atoms with E-state index in [-0.39, 0.29) is 34.9 Å². The number of sulfone groups is 1. The van der Waals surface area contributed by atoms with E-state index in [0.717, 1.165) is 10.9 Å². The molecule has 1 atom stereocenters. The van der Waals surface area contributed by atoms with E-state index in [1.807, 2.05) is 4.57 Å². The van der Waals surface area contributed by atoms with Gasteiger partial charge in [0.2, 0.25) is 5.91 Å². The number of halogens is 1. The van der Waals surface area contributed by atoms with Crippen LogP contribution in [-0.2, 0) is 25.1 Å². The molecule has 33 heavy (non-hydrogen) atoms. The van der Waals surface area contributed by atoms with Crippen LogP contribution in [0.3, 0.4) is 0 Å². The largest absolute Gasteiger partial charge is 0.383 e. The summed E-state index contributed by atoms with van der Waals surface area (Å²) >= 11 is 5.86. The lowest BCUT2D eigenvalue weighted by Gasteiger charge is -2.27. The highest BCUT2D eigenvalue weighted by Crippen LogP contribution is 2.30. The first-order valence-electron chi connectivity index (χ1n) is 10.4. The predicted molar refractivity (Wildman–Crippen MR) is 125 cm³/mol. The quantitative estimate of drug-likeness (QED) is 0.473. The fourth-order valence-corrected chi connectivity index (χ4v) is 5.48. The highest BCUT2D eigenvalue weighted by Gasteiger charge is 2.29. The third-order valence-electron chi connectivity index (χ3n) is 5.58. The molecule has 0 saturated carbocycles. The second-order valence-corrected chi connectivity index (χ2v) is 10.3. The normalized spacial score (nSPS) is 15.8. The average Bonchev–Trinajstić information content (AvgIpc) is 3.16. The number of carbonyl (C=O) groups is 2. The van der Waals surface area contributed by atoms with Crippen LogP contribution in [0, 0.1) is 0 Å². The minimum atomic E-state index is -3.56. The van der Waals surface area contributed by atoms with Crippen molar-refractivity contribution in [1.82, 2.24) is 15.2 Å². The smallest absolute Gasteiger partial charge is 0.268 e. The van der Waals surface area contributed by atoms with Crippen molar-refractivity contribution in [1.29, 1.82) is 0 Å². The van der Waals surface area contributed by atoms with Crippen LogP contribution in [-0.4, -0.2) is 51.6 Å². The third-order valence-corrected chi connectivity index (χ3v) is 7.53. The number of fused-ring (bicyclic) bond motifs is 3. The van der Waals surface area contributed by atoms with Crippen LogP contribution in [0.1, 0.15) is 28.5 Å². The first kappa shape index (κ1) is 23.3. The van der Waals surface area contributed by atoms with Crippen molar-refractivity contribution in [2.24, 2.45) is 0 Å². The molecule has 2 amide bonds. The molecule has 10 heteroatoms. The summed E-state index contributed by atoms with van der Waals surface area (Å²) in [6.07, 6.45) is 0.202. The molecule has 0 spiro atoms. The lowest BCUT2D eigenvalue weighted by molar-refractivity contribution is -0.122. The second kappa shape index (κ2) is 9.54. The molecule has 1 aromatic heterocycles. The Kier molecular flexibility index (Phi) is 6.73. The first-order chi connectivity index (χ1) is 15.8. The average molecular weight is 490 g/mol. The Bertz CT molecular complexity index is 1300. The van der Waals surface area contributed by atoms with Crippen LogP contribution in [0.2, 0.25) is 5.02 Å². The van der Waals surface area contributed by atoms with Gasteiger partial charge in [0.05, 0.1) is 23.3 Å². The summed E-state index contributed by atoms with van der Waals surface area (Å²) in [4.78, 5) is 25.0. The lowest BCUT2D eigenvalue weighted by atomic mass is 10.1. The van der Waals surface area contributed by atoms with Crippen molar-refractivity contribution in [2.75, 3.05) is 26.8 Å². The van der Waals surface area contributed by atoms with Gasteiger partial charge in [-0.2, -0.15) is 0 Å². The zero-order chi connectivity index (χ0) is 23.6. The van der Waals surface area contributed by atoms with Crippen LogP contribution >= 0.6 is 11.6 Å². The minimum absolute atomic E-state index is 0.133. The summed E-state index contributed by atoms with van der Waals surface area (Å²) in [6.45, 7) is 1.17. The number of rotatable bonds is 8. The zero-order valence-electron chi connectivity index (χ0n) is 18.0. The number of nitrogens with zero attached hydrogens (tertiary/aromatic N) is 1. The maximum Gasteiger partial charge on any atom is 0.268 e. The number of methoxy groups -OCH3 is 1. The molecular formula is C23H24ClN3O5S. The fourth-order valence-electron chi connectivity index (χ4n) is 4.02. The zero-order valence-corrected chi connectivity index (χ0v) is 19.6. The van der Waals surface area contributed by atoms with Crippen LogP contribution in [0.25, 0.3) is 10.9 Å². The molecule has 4 rings (SSSR count). The SMILES string of the molecule is COCCNC(=O)CC1CNC(=O)c2cc3cc(CS(=O)(=O)c4ccc(Cl)cc4)ccc3n21. The van der Waals surface area contributed by atoms with Crippen molar-refractivity contribution in [2.45, 2.75) is 23.1 Å². The number of hydrogen-bond donors (Lipinski definition) is 2. The summed E-state index contributed by atoms with van der Waals surface area (Å²) in [5.41, 5.74) is 1.83. The molecule has 0 radical (unpaired) electrons. The molecule has 174 valence electrons. The highest BCUT2D eigenvalue weighted by atomic mass is 35.5. The Balaban J connectivity index is 1.60. The van der Waals surface area contributed by atoms with Gasteiger partial charge in [-0.3, -0.25) is 9.59 Å². The maximum atomic E-state index is 12.8. The number of ether oxygens (including phenoxy) is 1. The van der Waals surface area contributed by atoms with Crippen molar-refractivity contribution in [3.63, 3.8) is 0 Å². The van der Waals surface area contributed by atoms with Gasteiger partial charge >= 0.3 is 0 Å². The molecule has 0 bridgehead atoms. The van der Waals surface area contributed by atoms with Gasteiger partial charge in [-0.05, 0) is 48.0 Å². The number of hydrogen-bond acceptors (Lipinski definition) is 5. The van der Waals surface area contributed by atoms with Gasteiger partial charge in [-0.1, -0.05) is 17.7 Å². The monoisotopic (exact) mass is 489 g/mol. The van der Waals surface area contributed by atoms with E-state index in [1.165, 1.54) is 12.1 Å². The van der Waals surface area contributed by atoms with Crippen molar-refractivity contribution in [3.05, 3.63) is 64.8 Å². The fraction of sp³-hybridized carbons (Fsp3) is 0.304. The Morgan fingerprint density at radius 2 is 1.97 bits per heavy atom. The number of carbonyl (C=O) groups excluding carboxylic acids is 2. The Hall–Kier alpha value is -2.88. The molecule has 0 aliphatic carbocycles. The van der Waals surface area contributed by atoms with E-state index in [1.54, 1.807) is 43.5 Å². The molecular weight excluding hydrogens is 466 g/mol. The minimum Gasteiger partial charge on any atom is -0.383 e. The van der Waals surface area contributed by atoms with E-state index in [9.17, 15) is 18.0 Å². The summed E-state index contributed by atoms with van der Waals surface area (Å²) in [6, 6.07) is 12.9. The van der Waals surface area contributed by atoms with Crippen molar-refractivity contribution < 1.29 is 22.7 Å². The molecule has 2 heterocycles. The summed E-state index contributed by atoms with van der Waals surface area (Å²) in [7, 11) is -1.99. The predicted octanol–water partition coefficient (Wildman–Crippen LogP) is 2.71. The van der Waals surface area contributed by atoms with E-state index < -0.39 is 9.84 Å². The van der Waals surface area contributed by atoms with E-state index in [0.29, 0.717) is 36.0 Å². The molecule has 2 N–H and O–H groups in total. The van der Waals surface area contributed by atoms with Crippen molar-refractivity contribution >= 4 is 44.2 Å². The third kappa shape index (κ3) is 5.05. The summed E-state index contributed by atoms with van der Waals surface area (Å²) < 4.78 is 32.4. The highest BCUT2D eigenvalue weighted by molar-refractivity contribution is 7.90. The van der Waals surface area contributed by atoms with E-state index in [4.69, 9.17) is 16.3 Å². The Morgan fingerprint density at radius 3 is 2.70 bits per heavy atom. The van der Waals surface area contributed by atoms with Crippen molar-refractivity contribution in [3.8, 4) is 0 Å². The number of amides is 2. The lowest BCUT2D eigenvalue weighted by Crippen LogP contribution is -2.41. The van der Waals surface area contributed by atoms with Gasteiger partial charge in [-0.25, -0.2) is 8.42 Å². The number of aromatic nitrogens is 1. The maximum absolute atomic E-state index is 12.8. The molecule has 1 aliphatic heterocycles. The standard InChI is InChI=1S/C23H24ClN3O5S/c1-32-9-8-25-22(28)12-18-13-26-23(29)21-11-16-10-15(2-7-20(16)27(18)21)14-33(30,31)19-5-3-17(24)4-6-19/h2-7,10-11,18H,8-9,12-14H2,1H3,(H,25,28)(H,26,29). The van der Waals surface area contributed by atoms with E-state index >= 15 is 0 Å². The van der Waals surface area contributed by atoms with E-state index in [2.05, 4.69) is 10.6 Å². The van der Waals surface area contributed by atoms with Crippen LogP contribution < -0.4 is 10.6 Å². The topological polar surface area (TPSA) is 106 Å². The van der Waals surface area contributed by atoms with Gasteiger partial charge in [0.25, 0.3) is 5.91 Å². The van der Waals surface area contributed by atoms with Gasteiger partial charge < -0.3 is 19.9 Å². The van der Waals surface area contributed by atoms with Crippen LogP contribution in [0.4, 0.5) is 0 Å². The first-order valence-corrected chi connectivity index (χ1v) is 12.5. The van der Waals surface area contributed by atoms with Crippen LogP contribution in [0.15, 0.2) is 53.4 Å². The molecule has 8 nitrogen and oxygen atoms in total. The molecule has 0 saturated heterocycles. The molecule has 3 aromatic rings. The van der Waals surface area contributed by atoms with Gasteiger partial charge in [0.15, 0.2) is 9.84 Å². The summed E-state index contributed by atoms with van der Waals surface area (Å²) in [5.74, 6) is -0.535. The van der Waals surface area contributed by atoms with Gasteiger partial charge in [0, 0.05) is 42.5 Å². The Labute approximate surface area is 196 Å².